The molecule has 1 spiro atoms. The number of ether oxygens (including phenoxy) is 1. The Bertz CT molecular complexity index is 430. The average Bonchev–Trinajstić information content (AvgIpc) is 2.94. The van der Waals surface area contributed by atoms with Crippen molar-refractivity contribution >= 4 is 11.6 Å². The fourth-order valence-corrected chi connectivity index (χ4v) is 3.73. The van der Waals surface area contributed by atoms with Gasteiger partial charge in [0.05, 0.1) is 12.0 Å². The maximum atomic E-state index is 12.4. The molecule has 2 bridgehead atoms. The molecule has 1 saturated carbocycles. The first kappa shape index (κ1) is 10.2. The van der Waals surface area contributed by atoms with Crippen LogP contribution in [0.3, 0.4) is 0 Å². The molecule has 0 N–H and O–H groups in total. The van der Waals surface area contributed by atoms with Crippen LogP contribution in [0.1, 0.15) is 27.2 Å². The Morgan fingerprint density at radius 2 is 2.19 bits per heavy atom. The van der Waals surface area contributed by atoms with Crippen molar-refractivity contribution in [2.45, 2.75) is 32.8 Å². The van der Waals surface area contributed by atoms with Crippen molar-refractivity contribution in [1.82, 2.24) is 0 Å². The van der Waals surface area contributed by atoms with Crippen LogP contribution in [0.15, 0.2) is 11.6 Å². The van der Waals surface area contributed by atoms with E-state index in [0.29, 0.717) is 6.61 Å². The Labute approximate surface area is 94.8 Å². The van der Waals surface area contributed by atoms with Gasteiger partial charge in [0.25, 0.3) is 0 Å². The molecule has 16 heavy (non-hydrogen) atoms. The predicted octanol–water partition coefficient (Wildman–Crippen LogP) is 1.52. The zero-order chi connectivity index (χ0) is 11.7. The molecule has 0 unspecified atom stereocenters. The van der Waals surface area contributed by atoms with Crippen LogP contribution in [-0.2, 0) is 14.3 Å². The van der Waals surface area contributed by atoms with Gasteiger partial charge in [0.15, 0.2) is 11.4 Å². The lowest BCUT2D eigenvalue weighted by Gasteiger charge is -2.49. The fraction of sp³-hybridized carbons (Fsp3) is 0.692. The molecule has 1 saturated heterocycles. The van der Waals surface area contributed by atoms with Gasteiger partial charge >= 0.3 is 0 Å². The van der Waals surface area contributed by atoms with Gasteiger partial charge in [-0.3, -0.25) is 9.59 Å². The van der Waals surface area contributed by atoms with Crippen LogP contribution in [0.5, 0.6) is 0 Å². The number of carbonyl (C=O) groups excluding carboxylic acids is 2. The Morgan fingerprint density at radius 1 is 1.56 bits per heavy atom. The molecule has 86 valence electrons. The minimum atomic E-state index is -0.624. The fourth-order valence-electron chi connectivity index (χ4n) is 3.73. The summed E-state index contributed by atoms with van der Waals surface area (Å²) in [5, 5.41) is 0. The summed E-state index contributed by atoms with van der Waals surface area (Å²) in [6, 6.07) is 0. The predicted molar refractivity (Wildman–Crippen MR) is 57.8 cm³/mol. The van der Waals surface area contributed by atoms with E-state index in [1.54, 1.807) is 6.92 Å². The van der Waals surface area contributed by atoms with Gasteiger partial charge in [0, 0.05) is 11.8 Å². The van der Waals surface area contributed by atoms with E-state index in [1.165, 1.54) is 5.57 Å². The molecule has 1 aliphatic heterocycles. The monoisotopic (exact) mass is 220 g/mol. The van der Waals surface area contributed by atoms with Gasteiger partial charge in [-0.25, -0.2) is 0 Å². The van der Waals surface area contributed by atoms with E-state index in [4.69, 9.17) is 4.74 Å². The Kier molecular flexibility index (Phi) is 1.69. The lowest BCUT2D eigenvalue weighted by Crippen LogP contribution is -2.58. The summed E-state index contributed by atoms with van der Waals surface area (Å²) in [5.74, 6) is 0.237. The van der Waals surface area contributed by atoms with Crippen LogP contribution >= 0.6 is 0 Å². The van der Waals surface area contributed by atoms with Crippen molar-refractivity contribution in [3.8, 4) is 0 Å². The number of epoxide rings is 1. The van der Waals surface area contributed by atoms with E-state index in [0.717, 1.165) is 6.42 Å². The summed E-state index contributed by atoms with van der Waals surface area (Å²) >= 11 is 0. The molecule has 3 aliphatic carbocycles. The van der Waals surface area contributed by atoms with Gasteiger partial charge < -0.3 is 4.74 Å². The third kappa shape index (κ3) is 0.932. The van der Waals surface area contributed by atoms with Crippen LogP contribution in [0.25, 0.3) is 0 Å². The highest BCUT2D eigenvalue weighted by Gasteiger charge is 2.70. The third-order valence-electron chi connectivity index (χ3n) is 4.65. The Morgan fingerprint density at radius 3 is 2.69 bits per heavy atom. The number of ketones is 2. The molecular weight excluding hydrogens is 204 g/mol. The summed E-state index contributed by atoms with van der Waals surface area (Å²) in [4.78, 5) is 24.1. The van der Waals surface area contributed by atoms with Gasteiger partial charge in [-0.2, -0.15) is 0 Å². The number of rotatable bonds is 1. The molecular formula is C13H16O3. The first-order valence-electron chi connectivity index (χ1n) is 5.80. The van der Waals surface area contributed by atoms with Crippen molar-refractivity contribution in [2.24, 2.45) is 17.3 Å². The molecule has 4 rings (SSSR count). The number of fused-ring (bicyclic) bond motifs is 1. The van der Waals surface area contributed by atoms with Crippen LogP contribution < -0.4 is 0 Å². The maximum Gasteiger partial charge on any atom is 0.177 e. The van der Waals surface area contributed by atoms with Crippen LogP contribution in [0, 0.1) is 17.3 Å². The minimum absolute atomic E-state index is 0.125. The minimum Gasteiger partial charge on any atom is -0.361 e. The van der Waals surface area contributed by atoms with Gasteiger partial charge in [0.2, 0.25) is 0 Å². The highest BCUT2D eigenvalue weighted by atomic mass is 16.6. The lowest BCUT2D eigenvalue weighted by molar-refractivity contribution is -0.147. The number of hydrogen-bond donors (Lipinski definition) is 0. The normalized spacial score (nSPS) is 49.4. The zero-order valence-corrected chi connectivity index (χ0v) is 9.87. The molecule has 0 radical (unpaired) electrons. The van der Waals surface area contributed by atoms with Crippen LogP contribution in [0.2, 0.25) is 0 Å². The standard InChI is InChI=1S/C13H16O3/c1-7-5-12(3)10(8(2)14)4-9(7)13(6-16-13)11(12)15/h5,9-10H,4,6H2,1-3H3/t9-,10+,12-,13-/m0/s1. The third-order valence-corrected chi connectivity index (χ3v) is 4.65. The van der Waals surface area contributed by atoms with Gasteiger partial charge in [-0.1, -0.05) is 11.6 Å². The van der Waals surface area contributed by atoms with Gasteiger partial charge in [-0.15, -0.1) is 0 Å². The summed E-state index contributed by atoms with van der Waals surface area (Å²) in [6.07, 6.45) is 2.78. The van der Waals surface area contributed by atoms with Crippen molar-refractivity contribution in [3.05, 3.63) is 11.6 Å². The molecule has 0 aromatic rings. The first-order valence-corrected chi connectivity index (χ1v) is 5.80. The topological polar surface area (TPSA) is 46.7 Å². The van der Waals surface area contributed by atoms with E-state index >= 15 is 0 Å². The number of carbonyl (C=O) groups is 2. The zero-order valence-electron chi connectivity index (χ0n) is 9.87. The van der Waals surface area contributed by atoms with Crippen molar-refractivity contribution < 1.29 is 14.3 Å². The number of Topliss-reactive ketones (excluding diaryl/α,β-unsaturated/α-hetero) is 2. The summed E-state index contributed by atoms with van der Waals surface area (Å²) in [6.45, 7) is 6.08. The summed E-state index contributed by atoms with van der Waals surface area (Å²) < 4.78 is 5.45. The molecule has 1 heterocycles. The van der Waals surface area contributed by atoms with Crippen molar-refractivity contribution in [2.75, 3.05) is 6.61 Å². The van der Waals surface area contributed by atoms with E-state index < -0.39 is 11.0 Å². The average molecular weight is 220 g/mol. The molecule has 0 aromatic heterocycles. The molecule has 0 amide bonds. The van der Waals surface area contributed by atoms with Gasteiger partial charge in [0.1, 0.15) is 5.78 Å². The lowest BCUT2D eigenvalue weighted by atomic mass is 9.52. The van der Waals surface area contributed by atoms with E-state index in [1.807, 2.05) is 13.0 Å². The molecule has 4 aliphatic rings. The highest BCUT2D eigenvalue weighted by molar-refractivity contribution is 6.03. The molecule has 3 heteroatoms. The van der Waals surface area contributed by atoms with Gasteiger partial charge in [-0.05, 0) is 27.2 Å². The van der Waals surface area contributed by atoms with Crippen LogP contribution in [-0.4, -0.2) is 23.8 Å². The number of allylic oxidation sites excluding steroid dienone is 1. The summed E-state index contributed by atoms with van der Waals surface area (Å²) in [7, 11) is 0. The maximum absolute atomic E-state index is 12.4. The second kappa shape index (κ2) is 2.65. The second-order valence-electron chi connectivity index (χ2n) is 5.63. The first-order chi connectivity index (χ1) is 7.42. The van der Waals surface area contributed by atoms with Crippen molar-refractivity contribution in [3.63, 3.8) is 0 Å². The largest absolute Gasteiger partial charge is 0.361 e. The highest BCUT2D eigenvalue weighted by Crippen LogP contribution is 2.59. The quantitative estimate of drug-likeness (QED) is 0.497. The van der Waals surface area contributed by atoms with E-state index in [9.17, 15) is 9.59 Å². The number of hydrogen-bond acceptors (Lipinski definition) is 3. The molecule has 0 aromatic carbocycles. The van der Waals surface area contributed by atoms with Crippen LogP contribution in [0.4, 0.5) is 0 Å². The second-order valence-corrected chi connectivity index (χ2v) is 5.63. The molecule has 2 fully saturated rings. The Hall–Kier alpha value is -0.960. The van der Waals surface area contributed by atoms with Crippen molar-refractivity contribution in [1.29, 1.82) is 0 Å². The SMILES string of the molecule is CC(=O)[C@H]1C[C@H]2C(C)=C[C@]1(C)C(=O)[C@]21CO1. The molecule has 4 atom stereocenters. The molecule has 3 nitrogen and oxygen atoms in total. The van der Waals surface area contributed by atoms with E-state index in [-0.39, 0.29) is 23.4 Å². The Balaban J connectivity index is 2.14. The van der Waals surface area contributed by atoms with E-state index in [2.05, 4.69) is 6.92 Å². The smallest absolute Gasteiger partial charge is 0.177 e. The summed E-state index contributed by atoms with van der Waals surface area (Å²) in [5.41, 5.74) is 0.0397.